The molecule has 0 heterocycles. The van der Waals surface area contributed by atoms with E-state index < -0.39 is 5.97 Å². The molecule has 4 aliphatic rings. The summed E-state index contributed by atoms with van der Waals surface area (Å²) < 4.78 is 6.18. The van der Waals surface area contributed by atoms with Crippen LogP contribution in [0.5, 0.6) is 0 Å². The van der Waals surface area contributed by atoms with E-state index in [4.69, 9.17) is 9.84 Å². The molecule has 154 valence electrons. The molecular formula is C24H40O3. The Morgan fingerprint density at radius 3 is 2.56 bits per heavy atom. The van der Waals surface area contributed by atoms with Crippen molar-refractivity contribution >= 4 is 5.97 Å². The molecule has 0 radical (unpaired) electrons. The summed E-state index contributed by atoms with van der Waals surface area (Å²) in [6, 6.07) is 0. The van der Waals surface area contributed by atoms with E-state index in [1.807, 2.05) is 7.11 Å². The topological polar surface area (TPSA) is 46.5 Å². The zero-order chi connectivity index (χ0) is 19.2. The molecule has 0 bridgehead atoms. The molecular weight excluding hydrogens is 336 g/mol. The highest BCUT2D eigenvalue weighted by atomic mass is 16.5. The SMILES string of the molecule is COC1CC2CCCCC2(C)C2CCC3(C)C(CCCC(=O)O)CCC3C12. The number of carbonyl (C=O) groups is 1. The van der Waals surface area contributed by atoms with E-state index in [1.54, 1.807) is 0 Å². The van der Waals surface area contributed by atoms with Crippen LogP contribution < -0.4 is 0 Å². The van der Waals surface area contributed by atoms with Gasteiger partial charge in [-0.1, -0.05) is 26.7 Å². The molecule has 0 aromatic carbocycles. The number of hydrogen-bond donors (Lipinski definition) is 1. The third-order valence-electron chi connectivity index (χ3n) is 10.0. The van der Waals surface area contributed by atoms with E-state index in [1.165, 1.54) is 57.8 Å². The maximum atomic E-state index is 11.0. The van der Waals surface area contributed by atoms with Crippen molar-refractivity contribution in [3.8, 4) is 0 Å². The summed E-state index contributed by atoms with van der Waals surface area (Å²) in [5, 5.41) is 9.03. The second-order valence-electron chi connectivity index (χ2n) is 10.9. The molecule has 0 aromatic heterocycles. The third-order valence-corrected chi connectivity index (χ3v) is 10.0. The minimum atomic E-state index is -0.638. The van der Waals surface area contributed by atoms with Crippen LogP contribution in [0.15, 0.2) is 0 Å². The summed E-state index contributed by atoms with van der Waals surface area (Å²) in [6.45, 7) is 5.18. The molecule has 1 N–H and O–H groups in total. The van der Waals surface area contributed by atoms with Gasteiger partial charge in [-0.2, -0.15) is 0 Å². The fourth-order valence-corrected chi connectivity index (χ4v) is 8.56. The van der Waals surface area contributed by atoms with Crippen LogP contribution >= 0.6 is 0 Å². The van der Waals surface area contributed by atoms with Gasteiger partial charge in [0.1, 0.15) is 0 Å². The van der Waals surface area contributed by atoms with Gasteiger partial charge in [-0.3, -0.25) is 4.79 Å². The van der Waals surface area contributed by atoms with Gasteiger partial charge in [-0.05, 0) is 98.2 Å². The third kappa shape index (κ3) is 3.16. The molecule has 0 saturated heterocycles. The summed E-state index contributed by atoms with van der Waals surface area (Å²) in [5.74, 6) is 3.32. The predicted octanol–water partition coefficient (Wildman–Crippen LogP) is 5.92. The van der Waals surface area contributed by atoms with Crippen molar-refractivity contribution in [2.75, 3.05) is 7.11 Å². The second-order valence-corrected chi connectivity index (χ2v) is 10.9. The molecule has 0 amide bonds. The Bertz CT molecular complexity index is 560. The Kier molecular flexibility index (Phi) is 5.37. The monoisotopic (exact) mass is 376 g/mol. The van der Waals surface area contributed by atoms with Crippen molar-refractivity contribution in [1.82, 2.24) is 0 Å². The summed E-state index contributed by atoms with van der Waals surface area (Å²) in [5.41, 5.74) is 0.953. The maximum absolute atomic E-state index is 11.0. The van der Waals surface area contributed by atoms with Crippen molar-refractivity contribution in [2.45, 2.75) is 97.0 Å². The van der Waals surface area contributed by atoms with Crippen molar-refractivity contribution in [3.05, 3.63) is 0 Å². The lowest BCUT2D eigenvalue weighted by Gasteiger charge is -2.62. The Balaban J connectivity index is 1.55. The van der Waals surface area contributed by atoms with E-state index in [9.17, 15) is 4.79 Å². The Hall–Kier alpha value is -0.570. The van der Waals surface area contributed by atoms with Crippen LogP contribution in [-0.2, 0) is 9.53 Å². The number of carboxylic acids is 1. The van der Waals surface area contributed by atoms with Gasteiger partial charge in [-0.15, -0.1) is 0 Å². The number of aliphatic carboxylic acids is 1. The first-order valence-corrected chi connectivity index (χ1v) is 11.6. The zero-order valence-electron chi connectivity index (χ0n) is 17.7. The normalized spacial score (nSPS) is 49.1. The molecule has 0 aliphatic heterocycles. The van der Waals surface area contributed by atoms with Crippen molar-refractivity contribution in [1.29, 1.82) is 0 Å². The molecule has 4 rings (SSSR count). The minimum Gasteiger partial charge on any atom is -0.481 e. The molecule has 4 fully saturated rings. The van der Waals surface area contributed by atoms with E-state index in [-0.39, 0.29) is 0 Å². The number of fused-ring (bicyclic) bond motifs is 5. The quantitative estimate of drug-likeness (QED) is 0.648. The van der Waals surface area contributed by atoms with E-state index >= 15 is 0 Å². The first kappa shape index (κ1) is 19.7. The van der Waals surface area contributed by atoms with Crippen molar-refractivity contribution < 1.29 is 14.6 Å². The first-order chi connectivity index (χ1) is 12.9. The average Bonchev–Trinajstić information content (AvgIpc) is 2.97. The fraction of sp³-hybridized carbons (Fsp3) is 0.958. The van der Waals surface area contributed by atoms with Gasteiger partial charge in [0.2, 0.25) is 0 Å². The Labute approximate surface area is 165 Å². The highest BCUT2D eigenvalue weighted by molar-refractivity contribution is 5.66. The number of carboxylic acid groups (broad SMARTS) is 1. The Morgan fingerprint density at radius 1 is 1.04 bits per heavy atom. The number of hydrogen-bond acceptors (Lipinski definition) is 2. The Morgan fingerprint density at radius 2 is 1.81 bits per heavy atom. The lowest BCUT2D eigenvalue weighted by molar-refractivity contribution is -0.171. The maximum Gasteiger partial charge on any atom is 0.303 e. The summed E-state index contributed by atoms with van der Waals surface area (Å²) in [7, 11) is 1.96. The largest absolute Gasteiger partial charge is 0.481 e. The number of rotatable bonds is 5. The molecule has 0 aromatic rings. The van der Waals surface area contributed by atoms with Crippen LogP contribution in [0.2, 0.25) is 0 Å². The summed E-state index contributed by atoms with van der Waals surface area (Å²) in [6.07, 6.45) is 15.1. The lowest BCUT2D eigenvalue weighted by atomic mass is 9.44. The molecule has 0 spiro atoms. The van der Waals surface area contributed by atoms with Crippen LogP contribution in [0.3, 0.4) is 0 Å². The molecule has 27 heavy (non-hydrogen) atoms. The first-order valence-electron chi connectivity index (χ1n) is 11.6. The smallest absolute Gasteiger partial charge is 0.303 e. The fourth-order valence-electron chi connectivity index (χ4n) is 8.56. The van der Waals surface area contributed by atoms with Crippen LogP contribution in [0.1, 0.15) is 90.9 Å². The molecule has 8 unspecified atom stereocenters. The van der Waals surface area contributed by atoms with Gasteiger partial charge in [0.15, 0.2) is 0 Å². The van der Waals surface area contributed by atoms with Gasteiger partial charge < -0.3 is 9.84 Å². The van der Waals surface area contributed by atoms with Crippen molar-refractivity contribution in [3.63, 3.8) is 0 Å². The van der Waals surface area contributed by atoms with Gasteiger partial charge in [-0.25, -0.2) is 0 Å². The predicted molar refractivity (Wildman–Crippen MR) is 108 cm³/mol. The summed E-state index contributed by atoms with van der Waals surface area (Å²) in [4.78, 5) is 11.0. The highest BCUT2D eigenvalue weighted by Crippen LogP contribution is 2.68. The van der Waals surface area contributed by atoms with Crippen LogP contribution in [0, 0.1) is 40.4 Å². The second kappa shape index (κ2) is 7.35. The standard InChI is InChI=1S/C24H40O3/c1-23-13-5-4-7-17(23)15-20(27-3)22-18-11-10-16(8-6-9-21(25)26)24(18,2)14-12-19(22)23/h16-20,22H,4-15H2,1-3H3,(H,25,26). The average molecular weight is 377 g/mol. The highest BCUT2D eigenvalue weighted by Gasteiger charge is 2.62. The minimum absolute atomic E-state index is 0.337. The van der Waals surface area contributed by atoms with Crippen LogP contribution in [-0.4, -0.2) is 24.3 Å². The van der Waals surface area contributed by atoms with Crippen molar-refractivity contribution in [2.24, 2.45) is 40.4 Å². The van der Waals surface area contributed by atoms with Gasteiger partial charge in [0.05, 0.1) is 6.10 Å². The zero-order valence-corrected chi connectivity index (χ0v) is 17.7. The van der Waals surface area contributed by atoms with E-state index in [0.717, 1.165) is 42.4 Å². The van der Waals surface area contributed by atoms with Crippen LogP contribution in [0.25, 0.3) is 0 Å². The molecule has 3 heteroatoms. The van der Waals surface area contributed by atoms with E-state index in [0.29, 0.717) is 23.4 Å². The van der Waals surface area contributed by atoms with E-state index in [2.05, 4.69) is 13.8 Å². The molecule has 4 aliphatic carbocycles. The molecule has 4 saturated carbocycles. The number of ether oxygens (including phenoxy) is 1. The van der Waals surface area contributed by atoms with Crippen LogP contribution in [0.4, 0.5) is 0 Å². The number of methoxy groups -OCH3 is 1. The lowest BCUT2D eigenvalue weighted by Crippen LogP contribution is -2.58. The summed E-state index contributed by atoms with van der Waals surface area (Å²) >= 11 is 0. The van der Waals surface area contributed by atoms with Gasteiger partial charge in [0.25, 0.3) is 0 Å². The molecule has 3 nitrogen and oxygen atoms in total. The van der Waals surface area contributed by atoms with Gasteiger partial charge >= 0.3 is 5.97 Å². The van der Waals surface area contributed by atoms with Gasteiger partial charge in [0, 0.05) is 13.5 Å². The molecule has 8 atom stereocenters.